The van der Waals surface area contributed by atoms with Gasteiger partial charge in [-0.2, -0.15) is 0 Å². The van der Waals surface area contributed by atoms with Crippen molar-refractivity contribution < 1.29 is 13.3 Å². The molecular weight excluding hydrogens is 184 g/mol. The normalized spacial score (nSPS) is 23.8. The summed E-state index contributed by atoms with van der Waals surface area (Å²) in [6.45, 7) is 6.94. The summed E-state index contributed by atoms with van der Waals surface area (Å²) in [5, 5.41) is 0. The Morgan fingerprint density at radius 1 is 1.08 bits per heavy atom. The third-order valence-corrected chi connectivity index (χ3v) is 3.74. The van der Waals surface area contributed by atoms with Gasteiger partial charge in [-0.1, -0.05) is 20.8 Å². The van der Waals surface area contributed by atoms with Crippen LogP contribution in [0.3, 0.4) is 0 Å². The largest absolute Gasteiger partial charge is 0.483 e. The van der Waals surface area contributed by atoms with Crippen LogP contribution in [0, 0.1) is 11.3 Å². The lowest BCUT2D eigenvalue weighted by molar-refractivity contribution is 0.163. The van der Waals surface area contributed by atoms with Crippen LogP contribution in [0.2, 0.25) is 0 Å². The van der Waals surface area contributed by atoms with Gasteiger partial charge < -0.3 is 13.3 Å². The first-order valence-electron chi connectivity index (χ1n) is 4.56. The molecule has 4 heteroatoms. The number of rotatable bonds is 3. The first-order valence-corrected chi connectivity index (χ1v) is 5.97. The monoisotopic (exact) mass is 206 g/mol. The van der Waals surface area contributed by atoms with Gasteiger partial charge in [-0.3, -0.25) is 0 Å². The fraction of sp³-hybridized carbons (Fsp3) is 1.00. The highest BCUT2D eigenvalue weighted by Gasteiger charge is 2.41. The van der Waals surface area contributed by atoms with Crippen LogP contribution < -0.4 is 0 Å². The van der Waals surface area contributed by atoms with Crippen molar-refractivity contribution in [2.24, 2.45) is 11.3 Å². The summed E-state index contributed by atoms with van der Waals surface area (Å²) in [4.78, 5) is 0. The van der Waals surface area contributed by atoms with Crippen molar-refractivity contribution in [1.29, 1.82) is 0 Å². The molecule has 0 aromatic heterocycles. The minimum Gasteiger partial charge on any atom is -0.379 e. The molecule has 0 heterocycles. The molecule has 1 atom stereocenters. The molecule has 0 N–H and O–H groups in total. The Morgan fingerprint density at radius 3 is 1.31 bits per heavy atom. The van der Waals surface area contributed by atoms with Crippen molar-refractivity contribution >= 4 is 9.53 Å². The van der Waals surface area contributed by atoms with Crippen molar-refractivity contribution in [1.82, 2.24) is 0 Å². The summed E-state index contributed by atoms with van der Waals surface area (Å²) in [5.74, 6) is 0.998. The molecule has 0 radical (unpaired) electrons. The first kappa shape index (κ1) is 13.1. The van der Waals surface area contributed by atoms with Gasteiger partial charge in [0, 0.05) is 21.3 Å². The molecule has 80 valence electrons. The van der Waals surface area contributed by atoms with Gasteiger partial charge in [-0.05, 0) is 17.8 Å². The van der Waals surface area contributed by atoms with Crippen LogP contribution in [0.4, 0.5) is 0 Å². The van der Waals surface area contributed by atoms with Gasteiger partial charge in [0.05, 0.1) is 0 Å². The predicted molar refractivity (Wildman–Crippen MR) is 55.7 cm³/mol. The zero-order valence-corrected chi connectivity index (χ0v) is 10.7. The van der Waals surface area contributed by atoms with Crippen LogP contribution in [-0.4, -0.2) is 30.9 Å². The summed E-state index contributed by atoms with van der Waals surface area (Å²) in [6, 6.07) is 0. The lowest BCUT2D eigenvalue weighted by Crippen LogP contribution is -2.21. The molecule has 0 spiro atoms. The number of hydrogen-bond acceptors (Lipinski definition) is 3. The van der Waals surface area contributed by atoms with Crippen molar-refractivity contribution in [3.8, 4) is 0 Å². The minimum absolute atomic E-state index is 0.708. The summed E-state index contributed by atoms with van der Waals surface area (Å²) in [7, 11) is 3.05. The Bertz CT molecular complexity index is 129. The molecule has 1 saturated carbocycles. The molecule has 0 bridgehead atoms. The molecule has 0 amide bonds. The lowest BCUT2D eigenvalue weighted by atomic mass is 10.1. The van der Waals surface area contributed by atoms with E-state index in [1.165, 1.54) is 6.42 Å². The van der Waals surface area contributed by atoms with Crippen LogP contribution in [0.25, 0.3) is 0 Å². The van der Waals surface area contributed by atoms with Gasteiger partial charge in [-0.25, -0.2) is 0 Å². The quantitative estimate of drug-likeness (QED) is 0.658. The molecule has 3 nitrogen and oxygen atoms in total. The third kappa shape index (κ3) is 5.41. The molecule has 0 aliphatic heterocycles. The Hall–Kier alpha value is 0.0969. The maximum atomic E-state index is 4.74. The van der Waals surface area contributed by atoms with E-state index in [-0.39, 0.29) is 0 Å². The van der Waals surface area contributed by atoms with Gasteiger partial charge in [-0.15, -0.1) is 0 Å². The summed E-state index contributed by atoms with van der Waals surface area (Å²) >= 11 is 0. The Kier molecular flexibility index (Phi) is 5.79. The van der Waals surface area contributed by atoms with Crippen molar-refractivity contribution in [3.63, 3.8) is 0 Å². The standard InChI is InChI=1S/C6H12.C3H10O3Si/c1-5-4-6(5,2)3;1-4-7(5-2)6-3/h5H,4H2,1-3H3;7H,1-3H3. The molecular formula is C9H22O3Si. The van der Waals surface area contributed by atoms with Crippen molar-refractivity contribution in [3.05, 3.63) is 0 Å². The van der Waals surface area contributed by atoms with E-state index in [0.717, 1.165) is 5.92 Å². The lowest BCUT2D eigenvalue weighted by Gasteiger charge is -2.05. The highest BCUT2D eigenvalue weighted by Crippen LogP contribution is 2.50. The van der Waals surface area contributed by atoms with E-state index in [0.29, 0.717) is 5.41 Å². The molecule has 1 aliphatic carbocycles. The van der Waals surface area contributed by atoms with Crippen LogP contribution in [0.15, 0.2) is 0 Å². The Labute approximate surface area is 83.3 Å². The zero-order chi connectivity index (χ0) is 10.5. The van der Waals surface area contributed by atoms with Crippen LogP contribution >= 0.6 is 0 Å². The maximum absolute atomic E-state index is 4.74. The first-order chi connectivity index (χ1) is 5.97. The SMILES string of the molecule is CC1CC1(C)C.CO[SiH](OC)OC. The molecule has 1 rings (SSSR count). The van der Waals surface area contributed by atoms with Crippen molar-refractivity contribution in [2.75, 3.05) is 21.3 Å². The topological polar surface area (TPSA) is 27.7 Å². The highest BCUT2D eigenvalue weighted by molar-refractivity contribution is 6.36. The van der Waals surface area contributed by atoms with E-state index in [1.54, 1.807) is 21.3 Å². The van der Waals surface area contributed by atoms with E-state index >= 15 is 0 Å². The van der Waals surface area contributed by atoms with Crippen LogP contribution in [-0.2, 0) is 13.3 Å². The van der Waals surface area contributed by atoms with Gasteiger partial charge in [0.25, 0.3) is 0 Å². The smallest absolute Gasteiger partial charge is 0.379 e. The molecule has 0 aromatic carbocycles. The average molecular weight is 206 g/mol. The van der Waals surface area contributed by atoms with E-state index in [9.17, 15) is 0 Å². The second-order valence-electron chi connectivity index (χ2n) is 4.09. The second-order valence-corrected chi connectivity index (χ2v) is 6.08. The molecule has 1 unspecified atom stereocenters. The fourth-order valence-corrected chi connectivity index (χ4v) is 1.60. The van der Waals surface area contributed by atoms with E-state index in [1.807, 2.05) is 0 Å². The fourth-order valence-electron chi connectivity index (χ4n) is 1.02. The van der Waals surface area contributed by atoms with E-state index in [2.05, 4.69) is 20.8 Å². The Morgan fingerprint density at radius 2 is 1.31 bits per heavy atom. The van der Waals surface area contributed by atoms with Crippen molar-refractivity contribution in [2.45, 2.75) is 27.2 Å². The molecule has 13 heavy (non-hydrogen) atoms. The van der Waals surface area contributed by atoms with Gasteiger partial charge in [0.1, 0.15) is 0 Å². The van der Waals surface area contributed by atoms with E-state index in [4.69, 9.17) is 13.3 Å². The van der Waals surface area contributed by atoms with Gasteiger partial charge in [0.15, 0.2) is 0 Å². The second kappa shape index (κ2) is 5.75. The molecule has 1 aliphatic rings. The summed E-state index contributed by atoms with van der Waals surface area (Å²) < 4.78 is 14.2. The third-order valence-electron chi connectivity index (χ3n) is 2.58. The van der Waals surface area contributed by atoms with E-state index < -0.39 is 9.53 Å². The summed E-state index contributed by atoms with van der Waals surface area (Å²) in [5.41, 5.74) is 0.708. The number of hydrogen-bond donors (Lipinski definition) is 0. The molecule has 0 aromatic rings. The predicted octanol–water partition coefficient (Wildman–Crippen LogP) is 1.70. The minimum atomic E-state index is -1.67. The molecule has 0 saturated heterocycles. The Balaban J connectivity index is 0.000000223. The summed E-state index contributed by atoms with van der Waals surface area (Å²) in [6.07, 6.45) is 1.44. The average Bonchev–Trinajstić information content (AvgIpc) is 2.61. The zero-order valence-electron chi connectivity index (χ0n) is 9.59. The van der Waals surface area contributed by atoms with Gasteiger partial charge in [0.2, 0.25) is 0 Å². The van der Waals surface area contributed by atoms with Crippen LogP contribution in [0.1, 0.15) is 27.2 Å². The van der Waals surface area contributed by atoms with Crippen LogP contribution in [0.5, 0.6) is 0 Å². The maximum Gasteiger partial charge on any atom is 0.483 e. The molecule has 1 fully saturated rings. The van der Waals surface area contributed by atoms with Gasteiger partial charge >= 0.3 is 9.53 Å². The highest BCUT2D eigenvalue weighted by atomic mass is 28.3.